The zero-order valence-electron chi connectivity index (χ0n) is 37.0. The maximum atomic E-state index is 16.4. The molecule has 8 rings (SSSR count). The summed E-state index contributed by atoms with van der Waals surface area (Å²) in [6.45, 7) is 9.95. The molecule has 6 heteroatoms. The Hall–Kier alpha value is -5.62. The maximum Gasteiger partial charge on any atom is 0.149 e. The molecule has 0 unspecified atom stereocenters. The normalized spacial score (nSPS) is 14.5. The molecule has 3 heterocycles. The summed E-state index contributed by atoms with van der Waals surface area (Å²) in [6, 6.07) is 30.9. The number of halogens is 1. The van der Waals surface area contributed by atoms with Gasteiger partial charge >= 0.3 is 0 Å². The Labute approximate surface area is 319 Å². The van der Waals surface area contributed by atoms with Gasteiger partial charge in [-0.3, -0.25) is 4.57 Å². The monoisotopic (exact) mass is 706 g/mol. The van der Waals surface area contributed by atoms with E-state index >= 15 is 4.39 Å². The number of hydrogen-bond donors (Lipinski definition) is 0. The predicted octanol–water partition coefficient (Wildman–Crippen LogP) is 13.0. The van der Waals surface area contributed by atoms with Crippen LogP contribution in [0.3, 0.4) is 0 Å². The van der Waals surface area contributed by atoms with Crippen molar-refractivity contribution < 1.29 is 17.0 Å². The van der Waals surface area contributed by atoms with E-state index in [9.17, 15) is 0 Å². The molecule has 0 aliphatic heterocycles. The van der Waals surface area contributed by atoms with Gasteiger partial charge in [-0.2, -0.15) is 0 Å². The van der Waals surface area contributed by atoms with E-state index in [1.807, 2.05) is 30.3 Å². The fourth-order valence-electron chi connectivity index (χ4n) is 7.38. The molecule has 0 saturated heterocycles. The van der Waals surface area contributed by atoms with Crippen molar-refractivity contribution in [2.45, 2.75) is 79.4 Å². The van der Waals surface area contributed by atoms with Gasteiger partial charge in [-0.1, -0.05) is 97.0 Å². The van der Waals surface area contributed by atoms with Crippen LogP contribution in [-0.4, -0.2) is 19.5 Å². The zero-order chi connectivity index (χ0) is 42.3. The van der Waals surface area contributed by atoms with Gasteiger partial charge in [0.2, 0.25) is 0 Å². The summed E-state index contributed by atoms with van der Waals surface area (Å²) in [6.07, 6.45) is 0. The van der Waals surface area contributed by atoms with Crippen LogP contribution in [0, 0.1) is 19.5 Å². The number of aromatic nitrogens is 4. The summed E-state index contributed by atoms with van der Waals surface area (Å²) >= 11 is 0. The van der Waals surface area contributed by atoms with Gasteiger partial charge in [-0.25, -0.2) is 19.3 Å². The van der Waals surface area contributed by atoms with Crippen LogP contribution in [0.25, 0.3) is 72.4 Å². The van der Waals surface area contributed by atoms with Crippen molar-refractivity contribution in [1.82, 2.24) is 19.5 Å². The van der Waals surface area contributed by atoms with E-state index in [1.54, 1.807) is 12.1 Å². The van der Waals surface area contributed by atoms with Crippen molar-refractivity contribution in [3.8, 4) is 39.5 Å². The van der Waals surface area contributed by atoms with Gasteiger partial charge in [0.05, 0.1) is 33.4 Å². The number of para-hydroxylation sites is 3. The van der Waals surface area contributed by atoms with E-state index in [-0.39, 0.29) is 39.5 Å². The van der Waals surface area contributed by atoms with Gasteiger partial charge in [0, 0.05) is 24.9 Å². The third kappa shape index (κ3) is 6.00. The Balaban J connectivity index is 1.36. The lowest BCUT2D eigenvalue weighted by Gasteiger charge is -2.25. The van der Waals surface area contributed by atoms with Crippen LogP contribution in [0.2, 0.25) is 0 Å². The predicted molar refractivity (Wildman–Crippen MR) is 217 cm³/mol. The molecule has 3 aromatic heterocycles. The number of hydrogen-bond acceptors (Lipinski definition) is 4. The molecule has 0 saturated carbocycles. The van der Waals surface area contributed by atoms with Crippen LogP contribution in [0.5, 0.6) is 0 Å². The van der Waals surface area contributed by atoms with Crippen molar-refractivity contribution in [3.63, 3.8) is 0 Å². The van der Waals surface area contributed by atoms with Crippen LogP contribution in [0.15, 0.2) is 101 Å². The van der Waals surface area contributed by atoms with Gasteiger partial charge in [0.15, 0.2) is 0 Å². The van der Waals surface area contributed by atoms with E-state index in [0.717, 1.165) is 39.0 Å². The Bertz CT molecular complexity index is 2850. The number of benzene rings is 5. The second-order valence-electron chi connectivity index (χ2n) is 15.5. The number of furan rings is 1. The maximum absolute atomic E-state index is 16.4. The first kappa shape index (κ1) is 28.0. The van der Waals surface area contributed by atoms with Gasteiger partial charge in [0.25, 0.3) is 0 Å². The minimum atomic E-state index is -2.79. The van der Waals surface area contributed by atoms with Crippen molar-refractivity contribution in [2.75, 3.05) is 0 Å². The molecule has 0 bridgehead atoms. The summed E-state index contributed by atoms with van der Waals surface area (Å²) in [4.78, 5) is 13.2. The second kappa shape index (κ2) is 12.8. The lowest BCUT2D eigenvalue weighted by molar-refractivity contribution is 0.590. The van der Waals surface area contributed by atoms with E-state index in [4.69, 9.17) is 17.6 Å². The minimum absolute atomic E-state index is 0.0395. The number of aryl methyl sites for hydroxylation is 2. The molecule has 0 aliphatic rings. The number of fused-ring (bicyclic) bond motifs is 4. The highest BCUT2D eigenvalue weighted by molar-refractivity contribution is 6.10. The number of rotatable bonds is 6. The largest absolute Gasteiger partial charge is 0.455 e. The van der Waals surface area contributed by atoms with Gasteiger partial charge in [-0.15, -0.1) is 0 Å². The SMILES string of the molecule is [2H]C([2H])([2H])c1cc(-c2cc(F)c3c(c2)oc2c(-c4nc5ccccc5n4-c4c(C(C)C)cc(-c5ccc(C(C)(C)C)cc5)cc4C(C)C)cccc23)nc(C([2H])([2H])[2H])n1. The molecule has 0 fully saturated rings. The van der Waals surface area contributed by atoms with Crippen molar-refractivity contribution in [3.05, 3.63) is 131 Å². The first-order chi connectivity index (χ1) is 27.7. The summed E-state index contributed by atoms with van der Waals surface area (Å²) in [5.41, 5.74) is 9.54. The zero-order valence-corrected chi connectivity index (χ0v) is 31.0. The highest BCUT2D eigenvalue weighted by atomic mass is 19.1. The highest BCUT2D eigenvalue weighted by Gasteiger charge is 2.26. The quantitative estimate of drug-likeness (QED) is 0.173. The lowest BCUT2D eigenvalue weighted by atomic mass is 9.85. The molecule has 0 spiro atoms. The summed E-state index contributed by atoms with van der Waals surface area (Å²) in [5, 5.41) is 0.749. The van der Waals surface area contributed by atoms with Crippen molar-refractivity contribution >= 4 is 33.0 Å². The molecule has 0 aliphatic carbocycles. The van der Waals surface area contributed by atoms with Crippen LogP contribution >= 0.6 is 0 Å². The first-order valence-electron chi connectivity index (χ1n) is 21.0. The molecule has 0 N–H and O–H groups in total. The Kier molecular flexibility index (Phi) is 6.75. The molecule has 5 nitrogen and oxygen atoms in total. The van der Waals surface area contributed by atoms with Crippen LogP contribution in [0.1, 0.15) is 96.7 Å². The van der Waals surface area contributed by atoms with Gasteiger partial charge < -0.3 is 4.42 Å². The molecule has 266 valence electrons. The van der Waals surface area contributed by atoms with Crippen LogP contribution in [-0.2, 0) is 5.41 Å². The average Bonchev–Trinajstić information content (AvgIpc) is 3.75. The Morgan fingerprint density at radius 3 is 2.15 bits per heavy atom. The topological polar surface area (TPSA) is 56.7 Å². The van der Waals surface area contributed by atoms with Crippen molar-refractivity contribution in [2.24, 2.45) is 0 Å². The molecule has 0 amide bonds. The number of nitrogens with zero attached hydrogens (tertiary/aromatic N) is 4. The second-order valence-corrected chi connectivity index (χ2v) is 15.5. The van der Waals surface area contributed by atoms with Gasteiger partial charge in [-0.05, 0) is 107 Å². The average molecular weight is 707 g/mol. The number of imidazole rings is 1. The van der Waals surface area contributed by atoms with Crippen LogP contribution in [0.4, 0.5) is 4.39 Å². The minimum Gasteiger partial charge on any atom is -0.455 e. The van der Waals surface area contributed by atoms with E-state index < -0.39 is 31.0 Å². The smallest absolute Gasteiger partial charge is 0.149 e. The molecule has 0 atom stereocenters. The fourth-order valence-corrected chi connectivity index (χ4v) is 7.38. The third-order valence-corrected chi connectivity index (χ3v) is 10.1. The molecule has 5 aromatic carbocycles. The van der Waals surface area contributed by atoms with E-state index in [0.29, 0.717) is 22.4 Å². The first-order valence-corrected chi connectivity index (χ1v) is 18.0. The molecular weight excluding hydrogens is 656 g/mol. The molecule has 8 aromatic rings. The molecule has 0 radical (unpaired) electrons. The summed E-state index contributed by atoms with van der Waals surface area (Å²) < 4.78 is 72.6. The standard InChI is InChI=1S/C47H45FN4O/c1-26(2)36-22-31(30-17-19-33(20-18-30)47(7,8)9)23-37(27(3)4)44(36)52-41-16-11-10-15-39(41)51-46(52)35-14-12-13-34-43-38(48)24-32(25-42(43)53-45(34)35)40-21-28(5)49-29(6)50-40/h10-27H,1-9H3/i5D3,6D3. The van der Waals surface area contributed by atoms with Crippen molar-refractivity contribution in [1.29, 1.82) is 0 Å². The molecular formula is C47H45FN4O. The van der Waals surface area contributed by atoms with Crippen LogP contribution < -0.4 is 0 Å². The van der Waals surface area contributed by atoms with Gasteiger partial charge in [0.1, 0.15) is 28.6 Å². The van der Waals surface area contributed by atoms with E-state index in [2.05, 4.69) is 105 Å². The molecule has 53 heavy (non-hydrogen) atoms. The van der Waals surface area contributed by atoms with E-state index in [1.165, 1.54) is 17.7 Å². The third-order valence-electron chi connectivity index (χ3n) is 10.1. The highest BCUT2D eigenvalue weighted by Crippen LogP contribution is 2.43. The summed E-state index contributed by atoms with van der Waals surface area (Å²) in [5.74, 6) is -0.373. The lowest BCUT2D eigenvalue weighted by Crippen LogP contribution is -2.11. The summed E-state index contributed by atoms with van der Waals surface area (Å²) in [7, 11) is 0. The fraction of sp³-hybridized carbons (Fsp3) is 0.255. The Morgan fingerprint density at radius 1 is 0.736 bits per heavy atom. The Morgan fingerprint density at radius 2 is 1.47 bits per heavy atom.